The van der Waals surface area contributed by atoms with Gasteiger partial charge in [0.1, 0.15) is 0 Å². The molecule has 2 fully saturated rings. The summed E-state index contributed by atoms with van der Waals surface area (Å²) in [5.41, 5.74) is 1.33. The zero-order valence-corrected chi connectivity index (χ0v) is 17.8. The summed E-state index contributed by atoms with van der Waals surface area (Å²) in [6, 6.07) is 8.93. The van der Waals surface area contributed by atoms with Crippen LogP contribution in [0.2, 0.25) is 0 Å². The van der Waals surface area contributed by atoms with E-state index in [0.29, 0.717) is 12.6 Å². The standard InChI is InChI=1S/C18H26BrN3O.2ClH/c1-14(16-4-6-17(19)7-5-16)21-8-10-22(11-9-21)18(23)13-20-12-15-2-3-15;;/h4-7,14-15,20H,2-3,8-13H2,1H3;2*1H. The highest BCUT2D eigenvalue weighted by Crippen LogP contribution is 2.27. The lowest BCUT2D eigenvalue weighted by molar-refractivity contribution is -0.132. The molecule has 1 aliphatic heterocycles. The molecule has 2 aliphatic rings. The fourth-order valence-corrected chi connectivity index (χ4v) is 3.39. The fourth-order valence-electron chi connectivity index (χ4n) is 3.13. The number of nitrogens with one attached hydrogen (secondary N) is 1. The van der Waals surface area contributed by atoms with Gasteiger partial charge in [-0.2, -0.15) is 0 Å². The second-order valence-corrected chi connectivity index (χ2v) is 7.63. The van der Waals surface area contributed by atoms with Gasteiger partial charge in [-0.25, -0.2) is 0 Å². The Morgan fingerprint density at radius 3 is 2.32 bits per heavy atom. The number of hydrogen-bond acceptors (Lipinski definition) is 3. The van der Waals surface area contributed by atoms with Crippen LogP contribution in [0.15, 0.2) is 28.7 Å². The average Bonchev–Trinajstić information content (AvgIpc) is 3.39. The lowest BCUT2D eigenvalue weighted by atomic mass is 10.1. The predicted octanol–water partition coefficient (Wildman–Crippen LogP) is 3.50. The highest BCUT2D eigenvalue weighted by atomic mass is 79.9. The molecule has 0 bridgehead atoms. The molecule has 1 aliphatic carbocycles. The van der Waals surface area contributed by atoms with E-state index in [1.807, 2.05) is 4.90 Å². The number of benzene rings is 1. The first-order chi connectivity index (χ1) is 11.1. The third-order valence-corrected chi connectivity index (χ3v) is 5.50. The van der Waals surface area contributed by atoms with Crippen molar-refractivity contribution in [2.75, 3.05) is 39.3 Å². The third-order valence-electron chi connectivity index (χ3n) is 4.97. The molecule has 1 heterocycles. The van der Waals surface area contributed by atoms with Crippen LogP contribution in [-0.4, -0.2) is 55.0 Å². The molecular weight excluding hydrogens is 425 g/mol. The third kappa shape index (κ3) is 6.72. The van der Waals surface area contributed by atoms with Crippen molar-refractivity contribution in [3.8, 4) is 0 Å². The van der Waals surface area contributed by atoms with Crippen LogP contribution in [0.5, 0.6) is 0 Å². The summed E-state index contributed by atoms with van der Waals surface area (Å²) >= 11 is 3.48. The number of piperazine rings is 1. The van der Waals surface area contributed by atoms with Crippen LogP contribution in [0, 0.1) is 5.92 Å². The molecule has 25 heavy (non-hydrogen) atoms. The van der Waals surface area contributed by atoms with E-state index in [4.69, 9.17) is 0 Å². The van der Waals surface area contributed by atoms with Crippen LogP contribution in [0.3, 0.4) is 0 Å². The van der Waals surface area contributed by atoms with E-state index in [1.54, 1.807) is 0 Å². The van der Waals surface area contributed by atoms with Gasteiger partial charge < -0.3 is 10.2 Å². The Balaban J connectivity index is 0.00000156. The van der Waals surface area contributed by atoms with Crippen LogP contribution < -0.4 is 5.32 Å². The summed E-state index contributed by atoms with van der Waals surface area (Å²) < 4.78 is 1.11. The fraction of sp³-hybridized carbons (Fsp3) is 0.611. The van der Waals surface area contributed by atoms with Crippen molar-refractivity contribution in [2.24, 2.45) is 5.92 Å². The summed E-state index contributed by atoms with van der Waals surface area (Å²) in [4.78, 5) is 16.7. The number of amides is 1. The molecular formula is C18H28BrCl2N3O. The number of carbonyl (C=O) groups is 1. The van der Waals surface area contributed by atoms with Gasteiger partial charge in [0.15, 0.2) is 0 Å². The maximum absolute atomic E-state index is 12.2. The highest BCUT2D eigenvalue weighted by molar-refractivity contribution is 9.10. The summed E-state index contributed by atoms with van der Waals surface area (Å²) in [5, 5.41) is 3.30. The summed E-state index contributed by atoms with van der Waals surface area (Å²) in [5.74, 6) is 1.08. The minimum atomic E-state index is 0. The molecule has 1 saturated carbocycles. The Morgan fingerprint density at radius 1 is 1.16 bits per heavy atom. The van der Waals surface area contributed by atoms with Crippen molar-refractivity contribution in [1.29, 1.82) is 0 Å². The first-order valence-electron chi connectivity index (χ1n) is 8.61. The van der Waals surface area contributed by atoms with E-state index in [-0.39, 0.29) is 30.7 Å². The van der Waals surface area contributed by atoms with E-state index in [0.717, 1.165) is 43.1 Å². The van der Waals surface area contributed by atoms with Crippen molar-refractivity contribution >= 4 is 46.7 Å². The lowest BCUT2D eigenvalue weighted by Crippen LogP contribution is -2.51. The number of carbonyl (C=O) groups excluding carboxylic acids is 1. The van der Waals surface area contributed by atoms with Gasteiger partial charge in [-0.1, -0.05) is 28.1 Å². The molecule has 4 nitrogen and oxygen atoms in total. The predicted molar refractivity (Wildman–Crippen MR) is 111 cm³/mol. The lowest BCUT2D eigenvalue weighted by Gasteiger charge is -2.38. The van der Waals surface area contributed by atoms with Gasteiger partial charge in [-0.15, -0.1) is 24.8 Å². The normalized spacial score (nSPS) is 18.9. The Labute approximate surface area is 171 Å². The Bertz CT molecular complexity index is 532. The van der Waals surface area contributed by atoms with Crippen LogP contribution in [-0.2, 0) is 4.79 Å². The zero-order valence-electron chi connectivity index (χ0n) is 14.6. The van der Waals surface area contributed by atoms with Crippen molar-refractivity contribution in [3.05, 3.63) is 34.3 Å². The Hall–Kier alpha value is -0.330. The monoisotopic (exact) mass is 451 g/mol. The Kier molecular flexibility index (Phi) is 9.75. The number of nitrogens with zero attached hydrogens (tertiary/aromatic N) is 2. The van der Waals surface area contributed by atoms with Crippen LogP contribution in [0.4, 0.5) is 0 Å². The van der Waals surface area contributed by atoms with Gasteiger partial charge in [-0.05, 0) is 49.9 Å². The molecule has 7 heteroatoms. The van der Waals surface area contributed by atoms with Crippen molar-refractivity contribution in [3.63, 3.8) is 0 Å². The first kappa shape index (κ1) is 22.7. The highest BCUT2D eigenvalue weighted by Gasteiger charge is 2.25. The Morgan fingerprint density at radius 2 is 1.76 bits per heavy atom. The van der Waals surface area contributed by atoms with Gasteiger partial charge in [0.05, 0.1) is 6.54 Å². The average molecular weight is 453 g/mol. The van der Waals surface area contributed by atoms with Crippen molar-refractivity contribution < 1.29 is 4.79 Å². The smallest absolute Gasteiger partial charge is 0.236 e. The number of halogens is 3. The molecule has 1 N–H and O–H groups in total. The van der Waals surface area contributed by atoms with Gasteiger partial charge in [0, 0.05) is 36.7 Å². The topological polar surface area (TPSA) is 35.6 Å². The molecule has 1 saturated heterocycles. The molecule has 1 amide bonds. The van der Waals surface area contributed by atoms with E-state index in [9.17, 15) is 4.79 Å². The molecule has 1 aromatic carbocycles. The second kappa shape index (κ2) is 10.7. The second-order valence-electron chi connectivity index (χ2n) is 6.72. The molecule has 3 rings (SSSR count). The minimum absolute atomic E-state index is 0. The minimum Gasteiger partial charge on any atom is -0.339 e. The molecule has 142 valence electrons. The van der Waals surface area contributed by atoms with Crippen LogP contribution >= 0.6 is 40.7 Å². The van der Waals surface area contributed by atoms with Crippen LogP contribution in [0.25, 0.3) is 0 Å². The van der Waals surface area contributed by atoms with Gasteiger partial charge >= 0.3 is 0 Å². The first-order valence-corrected chi connectivity index (χ1v) is 9.41. The summed E-state index contributed by atoms with van der Waals surface area (Å²) in [6.07, 6.45) is 2.65. The summed E-state index contributed by atoms with van der Waals surface area (Å²) in [6.45, 7) is 7.33. The van der Waals surface area contributed by atoms with Crippen molar-refractivity contribution in [1.82, 2.24) is 15.1 Å². The SMILES string of the molecule is CC(c1ccc(Br)cc1)N1CCN(C(=O)CNCC2CC2)CC1.Cl.Cl. The van der Waals surface area contributed by atoms with Crippen molar-refractivity contribution in [2.45, 2.75) is 25.8 Å². The zero-order chi connectivity index (χ0) is 16.2. The van der Waals surface area contributed by atoms with E-state index >= 15 is 0 Å². The molecule has 1 unspecified atom stereocenters. The van der Waals surface area contributed by atoms with Gasteiger partial charge in [0.2, 0.25) is 5.91 Å². The van der Waals surface area contributed by atoms with E-state index in [1.165, 1.54) is 18.4 Å². The number of rotatable bonds is 6. The van der Waals surface area contributed by atoms with Gasteiger partial charge in [-0.3, -0.25) is 9.69 Å². The molecule has 1 aromatic rings. The van der Waals surface area contributed by atoms with Crippen LogP contribution in [0.1, 0.15) is 31.4 Å². The van der Waals surface area contributed by atoms with E-state index < -0.39 is 0 Å². The maximum atomic E-state index is 12.2. The maximum Gasteiger partial charge on any atom is 0.236 e. The molecule has 0 aromatic heterocycles. The largest absolute Gasteiger partial charge is 0.339 e. The van der Waals surface area contributed by atoms with Gasteiger partial charge in [0.25, 0.3) is 0 Å². The molecule has 0 spiro atoms. The summed E-state index contributed by atoms with van der Waals surface area (Å²) in [7, 11) is 0. The number of hydrogen-bond donors (Lipinski definition) is 1. The quantitative estimate of drug-likeness (QED) is 0.717. The molecule has 0 radical (unpaired) electrons. The van der Waals surface area contributed by atoms with E-state index in [2.05, 4.69) is 57.3 Å². The molecule has 1 atom stereocenters.